The Morgan fingerprint density at radius 1 is 1.05 bits per heavy atom. The summed E-state index contributed by atoms with van der Waals surface area (Å²) in [6, 6.07) is 0. The summed E-state index contributed by atoms with van der Waals surface area (Å²) in [5, 5.41) is 0. The Labute approximate surface area is 259 Å². The molecule has 0 aromatic carbocycles. The molecule has 0 radical (unpaired) electrons. The predicted octanol–water partition coefficient (Wildman–Crippen LogP) is 9.09. The summed E-state index contributed by atoms with van der Waals surface area (Å²) in [5.41, 5.74) is 2.68. The average Bonchev–Trinajstić information content (AvgIpc) is 3.29. The summed E-state index contributed by atoms with van der Waals surface area (Å²) in [7, 11) is 0. The van der Waals surface area contributed by atoms with E-state index in [2.05, 4.69) is 61.3 Å². The van der Waals surface area contributed by atoms with E-state index in [1.165, 1.54) is 96.6 Å². The van der Waals surface area contributed by atoms with Gasteiger partial charge in [-0.05, 0) is 142 Å². The molecular weight excluding hydrogens is 605 g/mol. The predicted molar refractivity (Wildman–Crippen MR) is 173 cm³/mol. The third-order valence-corrected chi connectivity index (χ3v) is 15.2. The number of ether oxygens (including phenoxy) is 1. The summed E-state index contributed by atoms with van der Waals surface area (Å²) < 4.78 is 6.83. The molecule has 9 atom stereocenters. The maximum atomic E-state index is 12.8. The van der Waals surface area contributed by atoms with Gasteiger partial charge in [-0.15, -0.1) is 0 Å². The maximum absolute atomic E-state index is 12.8. The fourth-order valence-electron chi connectivity index (χ4n) is 11.2. The van der Waals surface area contributed by atoms with Crippen LogP contribution in [0.2, 0.25) is 0 Å². The molecule has 4 heteroatoms. The Hall–Kier alpha value is -0.100. The molecule has 40 heavy (non-hydrogen) atoms. The lowest BCUT2D eigenvalue weighted by Gasteiger charge is -2.58. The maximum Gasteiger partial charge on any atom is 0.306 e. The molecule has 0 spiro atoms. The smallest absolute Gasteiger partial charge is 0.306 e. The van der Waals surface area contributed by atoms with Crippen molar-refractivity contribution in [2.45, 2.75) is 122 Å². The summed E-state index contributed by atoms with van der Waals surface area (Å²) in [5.74, 6) is 6.37. The second-order valence-corrected chi connectivity index (χ2v) is 17.8. The van der Waals surface area contributed by atoms with Crippen LogP contribution in [0.15, 0.2) is 11.6 Å². The van der Waals surface area contributed by atoms with E-state index in [1.807, 2.05) is 0 Å². The van der Waals surface area contributed by atoms with Gasteiger partial charge in [0.1, 0.15) is 0 Å². The van der Waals surface area contributed by atoms with E-state index in [0.29, 0.717) is 35.7 Å². The number of rotatable bonds is 9. The van der Waals surface area contributed by atoms with E-state index < -0.39 is 0 Å². The van der Waals surface area contributed by atoms with Crippen molar-refractivity contribution in [1.82, 2.24) is 4.90 Å². The van der Waals surface area contributed by atoms with E-state index in [-0.39, 0.29) is 5.97 Å². The molecule has 6 fully saturated rings. The first-order valence-electron chi connectivity index (χ1n) is 17.4. The molecule has 0 aromatic heterocycles. The lowest BCUT2D eigenvalue weighted by Crippen LogP contribution is -2.50. The van der Waals surface area contributed by atoms with Crippen LogP contribution in [0.3, 0.4) is 0 Å². The van der Waals surface area contributed by atoms with Crippen molar-refractivity contribution < 1.29 is 9.53 Å². The number of esters is 1. The number of piperidine rings is 3. The highest BCUT2D eigenvalue weighted by Crippen LogP contribution is 2.67. The van der Waals surface area contributed by atoms with Crippen LogP contribution in [-0.4, -0.2) is 41.0 Å². The van der Waals surface area contributed by atoms with Crippen molar-refractivity contribution in [3.05, 3.63) is 11.6 Å². The van der Waals surface area contributed by atoms with Crippen LogP contribution in [0.1, 0.15) is 118 Å². The molecule has 3 saturated carbocycles. The minimum atomic E-state index is 0.0740. The second kappa shape index (κ2) is 12.1. The third kappa shape index (κ3) is 5.73. The Balaban J connectivity index is 1.03. The van der Waals surface area contributed by atoms with Gasteiger partial charge in [-0.25, -0.2) is 0 Å². The lowest BCUT2D eigenvalue weighted by atomic mass is 9.47. The topological polar surface area (TPSA) is 29.5 Å². The lowest BCUT2D eigenvalue weighted by molar-refractivity contribution is -0.148. The Morgan fingerprint density at radius 2 is 1.85 bits per heavy atom. The molecule has 0 aromatic rings. The molecule has 7 aliphatic rings. The standard InChI is InChI=1S/C36H58INO2/c1-24(2)6-5-7-33(37)32-11-10-30-29-9-8-28-20-25(12-16-35(28,3)31(29)13-17-36(30,32)4)23-40-34(39)21-27-22-38-18-14-26(27)15-19-38/h8,24-27,29-33H,5-7,9-23H2,1-4H3/t25?,27?,29?,30?,31?,32-,33-,35?,36+/m1/s1. The van der Waals surface area contributed by atoms with Crippen LogP contribution >= 0.6 is 22.6 Å². The Bertz CT molecular complexity index is 939. The number of halogens is 1. The van der Waals surface area contributed by atoms with Gasteiger partial charge < -0.3 is 9.64 Å². The number of alkyl halides is 1. The van der Waals surface area contributed by atoms with Gasteiger partial charge in [0.25, 0.3) is 0 Å². The van der Waals surface area contributed by atoms with E-state index in [0.717, 1.165) is 46.0 Å². The van der Waals surface area contributed by atoms with Crippen LogP contribution in [0.25, 0.3) is 0 Å². The normalized spacial score (nSPS) is 44.9. The van der Waals surface area contributed by atoms with Crippen molar-refractivity contribution in [1.29, 1.82) is 0 Å². The van der Waals surface area contributed by atoms with Crippen LogP contribution in [0, 0.1) is 58.2 Å². The monoisotopic (exact) mass is 663 g/mol. The quantitative estimate of drug-likeness (QED) is 0.107. The molecule has 3 aliphatic heterocycles. The van der Waals surface area contributed by atoms with Crippen molar-refractivity contribution in [2.75, 3.05) is 26.2 Å². The highest BCUT2D eigenvalue weighted by atomic mass is 127. The van der Waals surface area contributed by atoms with Crippen molar-refractivity contribution >= 4 is 28.6 Å². The Kier molecular flexibility index (Phi) is 9.07. The van der Waals surface area contributed by atoms with Crippen molar-refractivity contribution in [3.63, 3.8) is 0 Å². The second-order valence-electron chi connectivity index (χ2n) is 16.2. The van der Waals surface area contributed by atoms with Crippen LogP contribution in [0.5, 0.6) is 0 Å². The number of carbonyl (C=O) groups excluding carboxylic acids is 1. The molecule has 6 unspecified atom stereocenters. The van der Waals surface area contributed by atoms with E-state index in [1.54, 1.807) is 5.57 Å². The zero-order chi connectivity index (χ0) is 28.1. The fourth-order valence-corrected chi connectivity index (χ4v) is 12.9. The summed E-state index contributed by atoms with van der Waals surface area (Å²) in [6.07, 6.45) is 21.0. The molecule has 4 aliphatic carbocycles. The van der Waals surface area contributed by atoms with Gasteiger partial charge in [-0.1, -0.05) is 74.8 Å². The molecule has 0 N–H and O–H groups in total. The average molecular weight is 664 g/mol. The third-order valence-electron chi connectivity index (χ3n) is 13.7. The van der Waals surface area contributed by atoms with Gasteiger partial charge in [0.05, 0.1) is 6.61 Å². The molecular formula is C36H58INO2. The van der Waals surface area contributed by atoms with E-state index in [9.17, 15) is 4.79 Å². The van der Waals surface area contributed by atoms with E-state index in [4.69, 9.17) is 4.74 Å². The molecule has 3 heterocycles. The SMILES string of the molecule is CC(C)CCC[C@@H](I)[C@H]1CCC2C3CC=C4CC(COC(=O)CC5CN6CCC5CC6)CCC4(C)C3CC[C@@]21C. The zero-order valence-corrected chi connectivity index (χ0v) is 28.3. The number of nitrogens with zero attached hydrogens (tertiary/aromatic N) is 1. The van der Waals surface area contributed by atoms with Crippen LogP contribution < -0.4 is 0 Å². The molecule has 3 saturated heterocycles. The summed E-state index contributed by atoms with van der Waals surface area (Å²) in [6.45, 7) is 14.3. The van der Waals surface area contributed by atoms with Crippen molar-refractivity contribution in [3.8, 4) is 0 Å². The molecule has 0 amide bonds. The van der Waals surface area contributed by atoms with Gasteiger partial charge >= 0.3 is 5.97 Å². The molecule has 226 valence electrons. The summed E-state index contributed by atoms with van der Waals surface area (Å²) in [4.78, 5) is 15.4. The van der Waals surface area contributed by atoms with Gasteiger partial charge in [-0.2, -0.15) is 0 Å². The van der Waals surface area contributed by atoms with Crippen molar-refractivity contribution in [2.24, 2.45) is 58.2 Å². The van der Waals surface area contributed by atoms with Gasteiger partial charge in [0.2, 0.25) is 0 Å². The molecule has 3 nitrogen and oxygen atoms in total. The van der Waals surface area contributed by atoms with Gasteiger partial charge in [0, 0.05) is 16.9 Å². The molecule has 2 bridgehead atoms. The minimum absolute atomic E-state index is 0.0740. The van der Waals surface area contributed by atoms with Gasteiger partial charge in [-0.3, -0.25) is 4.79 Å². The first-order valence-corrected chi connectivity index (χ1v) is 18.6. The summed E-state index contributed by atoms with van der Waals surface area (Å²) >= 11 is 2.85. The highest BCUT2D eigenvalue weighted by Gasteiger charge is 2.59. The largest absolute Gasteiger partial charge is 0.465 e. The van der Waals surface area contributed by atoms with E-state index >= 15 is 0 Å². The van der Waals surface area contributed by atoms with Gasteiger partial charge in [0.15, 0.2) is 0 Å². The highest BCUT2D eigenvalue weighted by molar-refractivity contribution is 14.1. The number of carbonyl (C=O) groups is 1. The van der Waals surface area contributed by atoms with Crippen LogP contribution in [0.4, 0.5) is 0 Å². The first-order chi connectivity index (χ1) is 19.2. The number of hydrogen-bond acceptors (Lipinski definition) is 3. The minimum Gasteiger partial charge on any atom is -0.465 e. The van der Waals surface area contributed by atoms with Crippen LogP contribution in [-0.2, 0) is 9.53 Å². The first kappa shape index (κ1) is 29.9. The fraction of sp³-hybridized carbons (Fsp3) is 0.917. The number of fused-ring (bicyclic) bond motifs is 8. The zero-order valence-electron chi connectivity index (χ0n) is 26.1. The number of hydrogen-bond donors (Lipinski definition) is 0. The number of allylic oxidation sites excluding steroid dienone is 2. The Morgan fingerprint density at radius 3 is 2.58 bits per heavy atom. The molecule has 7 rings (SSSR count).